The predicted molar refractivity (Wildman–Crippen MR) is 94.6 cm³/mol. The smallest absolute Gasteiger partial charge is 0.225 e. The predicted octanol–water partition coefficient (Wildman–Crippen LogP) is 2.95. The third kappa shape index (κ3) is 3.38. The Kier molecular flexibility index (Phi) is 4.87. The highest BCUT2D eigenvalue weighted by atomic mass is 32.2. The number of hydrogen-bond acceptors (Lipinski definition) is 4. The second-order valence-electron chi connectivity index (χ2n) is 5.51. The summed E-state index contributed by atoms with van der Waals surface area (Å²) in [5.41, 5.74) is 2.66. The van der Waals surface area contributed by atoms with Gasteiger partial charge in [0.25, 0.3) is 0 Å². The van der Waals surface area contributed by atoms with E-state index in [1.54, 1.807) is 11.9 Å². The van der Waals surface area contributed by atoms with E-state index in [0.717, 1.165) is 38.4 Å². The number of hydrogen-bond donors (Lipinski definition) is 2. The molecular weight excluding hydrogens is 294 g/mol. The van der Waals surface area contributed by atoms with Gasteiger partial charge < -0.3 is 5.32 Å². The van der Waals surface area contributed by atoms with Crippen LogP contribution in [-0.2, 0) is 6.42 Å². The third-order valence-corrected chi connectivity index (χ3v) is 4.73. The van der Waals surface area contributed by atoms with Crippen molar-refractivity contribution >= 4 is 29.8 Å². The number of benzene rings is 1. The van der Waals surface area contributed by atoms with Gasteiger partial charge in [0.15, 0.2) is 0 Å². The molecule has 0 aliphatic carbocycles. The van der Waals surface area contributed by atoms with Crippen molar-refractivity contribution in [3.05, 3.63) is 23.8 Å². The Morgan fingerprint density at radius 3 is 3.18 bits per heavy atom. The van der Waals surface area contributed by atoms with E-state index in [4.69, 9.17) is 0 Å². The number of nitrogens with zero attached hydrogens (tertiary/aromatic N) is 3. The first-order valence-corrected chi connectivity index (χ1v) is 8.77. The van der Waals surface area contributed by atoms with Gasteiger partial charge >= 0.3 is 0 Å². The van der Waals surface area contributed by atoms with E-state index in [2.05, 4.69) is 45.3 Å². The summed E-state index contributed by atoms with van der Waals surface area (Å²) in [4.78, 5) is 5.73. The van der Waals surface area contributed by atoms with Crippen LogP contribution in [0.1, 0.15) is 25.8 Å². The van der Waals surface area contributed by atoms with Crippen molar-refractivity contribution in [3.8, 4) is 0 Å². The van der Waals surface area contributed by atoms with Crippen LogP contribution in [0.15, 0.2) is 33.2 Å². The zero-order valence-corrected chi connectivity index (χ0v) is 14.0. The summed E-state index contributed by atoms with van der Waals surface area (Å²) in [5.74, 6) is 1.37. The normalized spacial score (nSPS) is 20.2. The molecule has 1 atom stereocenters. The Hall–Kier alpha value is -1.69. The van der Waals surface area contributed by atoms with Crippen molar-refractivity contribution in [3.63, 3.8) is 0 Å². The van der Waals surface area contributed by atoms with E-state index >= 15 is 0 Å². The number of guanidine groups is 1. The van der Waals surface area contributed by atoms with Crippen LogP contribution in [-0.4, -0.2) is 36.8 Å². The maximum atomic E-state index is 4.54. The minimum Gasteiger partial charge on any atom is -0.384 e. The molecule has 2 N–H and O–H groups in total. The molecule has 2 aliphatic rings. The minimum atomic E-state index is 0.526. The highest BCUT2D eigenvalue weighted by Crippen LogP contribution is 2.27. The number of fused-ring (bicyclic) bond motifs is 1. The van der Waals surface area contributed by atoms with E-state index in [9.17, 15) is 0 Å². The van der Waals surface area contributed by atoms with Crippen LogP contribution >= 0.6 is 11.9 Å². The Morgan fingerprint density at radius 2 is 2.41 bits per heavy atom. The lowest BCUT2D eigenvalue weighted by molar-refractivity contribution is 0.431. The quantitative estimate of drug-likeness (QED) is 0.509. The molecule has 1 aromatic rings. The Bertz CT molecular complexity index is 584. The topological polar surface area (TPSA) is 52.0 Å². The number of anilines is 1. The Labute approximate surface area is 136 Å². The molecule has 118 valence electrons. The number of nitrogens with one attached hydrogen (secondary N) is 2. The molecule has 0 amide bonds. The standard InChI is InChI=1S/C16H23N5S/c1-3-12-10-19-21(11-12)16(17-4-2)20-22-14-6-5-13-7-8-18-15(13)9-14/h5-6,9-10,12,18H,3-4,7-8,11H2,1-2H3,(H,17,20). The van der Waals surface area contributed by atoms with E-state index in [0.29, 0.717) is 5.92 Å². The van der Waals surface area contributed by atoms with Crippen molar-refractivity contribution < 1.29 is 0 Å². The first kappa shape index (κ1) is 15.2. The van der Waals surface area contributed by atoms with Gasteiger partial charge in [-0.05, 0) is 49.4 Å². The number of hydrazone groups is 1. The summed E-state index contributed by atoms with van der Waals surface area (Å²) in [6.45, 7) is 6.94. The number of rotatable bonds is 4. The molecule has 0 spiro atoms. The molecule has 0 saturated carbocycles. The molecule has 22 heavy (non-hydrogen) atoms. The molecule has 1 unspecified atom stereocenters. The molecule has 6 heteroatoms. The highest BCUT2D eigenvalue weighted by Gasteiger charge is 2.20. The van der Waals surface area contributed by atoms with Crippen molar-refractivity contribution in [1.82, 2.24) is 9.73 Å². The summed E-state index contributed by atoms with van der Waals surface area (Å²) in [6.07, 6.45) is 4.26. The fraction of sp³-hybridized carbons (Fsp3) is 0.500. The molecule has 0 radical (unpaired) electrons. The van der Waals surface area contributed by atoms with Crippen LogP contribution in [0.2, 0.25) is 0 Å². The zero-order chi connectivity index (χ0) is 15.4. The van der Waals surface area contributed by atoms with E-state index in [1.165, 1.54) is 16.1 Å². The molecule has 2 aliphatic heterocycles. The van der Waals surface area contributed by atoms with Gasteiger partial charge in [-0.3, -0.25) is 9.71 Å². The minimum absolute atomic E-state index is 0.526. The van der Waals surface area contributed by atoms with Crippen molar-refractivity contribution in [1.29, 1.82) is 0 Å². The largest absolute Gasteiger partial charge is 0.384 e. The van der Waals surface area contributed by atoms with E-state index in [-0.39, 0.29) is 0 Å². The monoisotopic (exact) mass is 317 g/mol. The van der Waals surface area contributed by atoms with Crippen LogP contribution in [0.3, 0.4) is 0 Å². The van der Waals surface area contributed by atoms with Gasteiger partial charge in [-0.25, -0.2) is 5.01 Å². The lowest BCUT2D eigenvalue weighted by atomic mass is 10.1. The molecule has 2 heterocycles. The highest BCUT2D eigenvalue weighted by molar-refractivity contribution is 7.98. The summed E-state index contributed by atoms with van der Waals surface area (Å²) in [7, 11) is 0. The summed E-state index contributed by atoms with van der Waals surface area (Å²) in [5, 5.41) is 9.85. The first-order valence-electron chi connectivity index (χ1n) is 7.96. The fourth-order valence-corrected chi connectivity index (χ4v) is 3.31. The maximum absolute atomic E-state index is 4.54. The zero-order valence-electron chi connectivity index (χ0n) is 13.2. The average Bonchev–Trinajstić information content (AvgIpc) is 3.19. The molecule has 0 aromatic heterocycles. The number of aliphatic imine (C=N–C) groups is 1. The molecule has 5 nitrogen and oxygen atoms in total. The molecule has 3 rings (SSSR count). The van der Waals surface area contributed by atoms with Crippen molar-refractivity contribution in [2.75, 3.05) is 25.0 Å². The SMILES string of the molecule is CCN=C(NSc1ccc2c(c1)NCC2)N1CC(CC)C=N1. The van der Waals surface area contributed by atoms with Gasteiger partial charge in [-0.2, -0.15) is 5.10 Å². The Balaban J connectivity index is 1.63. The molecule has 0 fully saturated rings. The van der Waals surface area contributed by atoms with Gasteiger partial charge in [0, 0.05) is 35.8 Å². The second-order valence-corrected chi connectivity index (χ2v) is 6.39. The Morgan fingerprint density at radius 1 is 1.50 bits per heavy atom. The van der Waals surface area contributed by atoms with E-state index < -0.39 is 0 Å². The van der Waals surface area contributed by atoms with Crippen LogP contribution in [0.4, 0.5) is 5.69 Å². The second kappa shape index (κ2) is 7.05. The first-order chi connectivity index (χ1) is 10.8. The maximum Gasteiger partial charge on any atom is 0.225 e. The average molecular weight is 317 g/mol. The molecular formula is C16H23N5S. The van der Waals surface area contributed by atoms with Gasteiger partial charge in [0.2, 0.25) is 5.96 Å². The molecule has 0 bridgehead atoms. The summed E-state index contributed by atoms with van der Waals surface area (Å²) in [6, 6.07) is 6.57. The van der Waals surface area contributed by atoms with Gasteiger partial charge in [-0.15, -0.1) is 0 Å². The van der Waals surface area contributed by atoms with Crippen LogP contribution in [0.25, 0.3) is 0 Å². The van der Waals surface area contributed by atoms with Crippen molar-refractivity contribution in [2.45, 2.75) is 31.6 Å². The summed E-state index contributed by atoms with van der Waals surface area (Å²) >= 11 is 1.59. The van der Waals surface area contributed by atoms with E-state index in [1.807, 2.05) is 18.1 Å². The van der Waals surface area contributed by atoms with Crippen molar-refractivity contribution in [2.24, 2.45) is 16.0 Å². The third-order valence-electron chi connectivity index (χ3n) is 3.95. The van der Waals surface area contributed by atoms with Crippen LogP contribution < -0.4 is 10.0 Å². The summed E-state index contributed by atoms with van der Waals surface area (Å²) < 4.78 is 3.37. The fourth-order valence-electron chi connectivity index (χ4n) is 2.62. The molecule has 1 aromatic carbocycles. The van der Waals surface area contributed by atoms with Gasteiger partial charge in [-0.1, -0.05) is 13.0 Å². The molecule has 0 saturated heterocycles. The van der Waals surface area contributed by atoms with Crippen LogP contribution in [0.5, 0.6) is 0 Å². The lowest BCUT2D eigenvalue weighted by Gasteiger charge is -2.18. The van der Waals surface area contributed by atoms with Gasteiger partial charge in [0.1, 0.15) is 0 Å². The van der Waals surface area contributed by atoms with Gasteiger partial charge in [0.05, 0.1) is 6.54 Å². The lowest BCUT2D eigenvalue weighted by Crippen LogP contribution is -2.34. The van der Waals surface area contributed by atoms with Crippen LogP contribution in [0, 0.1) is 5.92 Å².